The highest BCUT2D eigenvalue weighted by Crippen LogP contribution is 2.58. The van der Waals surface area contributed by atoms with Gasteiger partial charge in [-0.1, -0.05) is 6.07 Å². The summed E-state index contributed by atoms with van der Waals surface area (Å²) < 4.78 is 42.8. The molecule has 1 amide bonds. The topological polar surface area (TPSA) is 20.3 Å². The molecule has 0 radical (unpaired) electrons. The number of alkyl halides is 1. The second-order valence-electron chi connectivity index (χ2n) is 7.04. The van der Waals surface area contributed by atoms with E-state index in [1.165, 1.54) is 18.2 Å². The predicted molar refractivity (Wildman–Crippen MR) is 87.4 cm³/mol. The molecule has 1 saturated carbocycles. The summed E-state index contributed by atoms with van der Waals surface area (Å²) in [5.41, 5.74) is -1.16. The van der Waals surface area contributed by atoms with E-state index in [2.05, 4.69) is 0 Å². The molecule has 2 saturated heterocycles. The molecule has 24 heavy (non-hydrogen) atoms. The number of carbonyl (C=O) groups excluding carboxylic acids is 1. The summed E-state index contributed by atoms with van der Waals surface area (Å²) in [6, 6.07) is 3.78. The number of likely N-dealkylation sites (tertiary alicyclic amines) is 1. The lowest BCUT2D eigenvalue weighted by Crippen LogP contribution is -2.31. The molecule has 3 fully saturated rings. The van der Waals surface area contributed by atoms with Crippen LogP contribution >= 0.6 is 11.8 Å². The molecule has 2 heterocycles. The molecule has 1 aromatic rings. The van der Waals surface area contributed by atoms with Crippen molar-refractivity contribution < 1.29 is 18.0 Å². The average Bonchev–Trinajstić information content (AvgIpc) is 2.96. The van der Waals surface area contributed by atoms with Gasteiger partial charge in [0.2, 0.25) is 5.91 Å². The van der Waals surface area contributed by atoms with Crippen LogP contribution in [0.15, 0.2) is 18.2 Å². The third-order valence-corrected chi connectivity index (χ3v) is 6.83. The number of carbonyl (C=O) groups is 1. The van der Waals surface area contributed by atoms with Crippen molar-refractivity contribution in [1.29, 1.82) is 0 Å². The average molecular weight is 355 g/mol. The number of benzene rings is 1. The fourth-order valence-electron chi connectivity index (χ4n) is 4.33. The van der Waals surface area contributed by atoms with Gasteiger partial charge in [0.05, 0.1) is 0 Å². The Morgan fingerprint density at radius 2 is 1.83 bits per heavy atom. The van der Waals surface area contributed by atoms with Gasteiger partial charge in [-0.15, -0.1) is 11.8 Å². The Kier molecular flexibility index (Phi) is 4.27. The van der Waals surface area contributed by atoms with Crippen LogP contribution in [0.3, 0.4) is 0 Å². The molecule has 1 aliphatic carbocycles. The normalized spacial score (nSPS) is 35.5. The van der Waals surface area contributed by atoms with Crippen molar-refractivity contribution in [2.24, 2.45) is 17.8 Å². The summed E-state index contributed by atoms with van der Waals surface area (Å²) >= 11 is 1.12. The first kappa shape index (κ1) is 16.3. The summed E-state index contributed by atoms with van der Waals surface area (Å²) in [5.74, 6) is -1.97. The van der Waals surface area contributed by atoms with Crippen molar-refractivity contribution in [3.05, 3.63) is 35.4 Å². The fraction of sp³-hybridized carbons (Fsp3) is 0.611. The summed E-state index contributed by atoms with van der Waals surface area (Å²) in [6.07, 6.45) is 2.70. The lowest BCUT2D eigenvalue weighted by Gasteiger charge is -2.22. The van der Waals surface area contributed by atoms with E-state index < -0.39 is 29.0 Å². The largest absolute Gasteiger partial charge is 0.342 e. The summed E-state index contributed by atoms with van der Waals surface area (Å²) in [6.45, 7) is 1.57. The highest BCUT2D eigenvalue weighted by Gasteiger charge is 2.56. The molecule has 0 bridgehead atoms. The van der Waals surface area contributed by atoms with Gasteiger partial charge >= 0.3 is 0 Å². The number of nitrogens with zero attached hydrogens (tertiary/aromatic N) is 1. The second-order valence-corrected chi connectivity index (χ2v) is 8.16. The lowest BCUT2D eigenvalue weighted by atomic mass is 9.83. The Morgan fingerprint density at radius 3 is 2.50 bits per heavy atom. The van der Waals surface area contributed by atoms with Gasteiger partial charge in [-0.25, -0.2) is 13.2 Å². The molecular weight excluding hydrogens is 335 g/mol. The van der Waals surface area contributed by atoms with Gasteiger partial charge in [-0.2, -0.15) is 0 Å². The van der Waals surface area contributed by atoms with Crippen LogP contribution in [0.4, 0.5) is 13.2 Å². The SMILES string of the molecule is O=C(C1CC1C1C(F)SCC1c1c(F)cccc1F)N1CCCC1. The molecule has 6 heteroatoms. The standard InChI is InChI=1S/C18H20F3NOS/c19-13-4-3-5-14(20)16(13)12-9-24-17(21)15(12)10-8-11(10)18(23)22-6-1-2-7-22/h3-5,10-12,15,17H,1-2,6-9H2. The fourth-order valence-corrected chi connectivity index (χ4v) is 5.72. The van der Waals surface area contributed by atoms with Gasteiger partial charge in [0.25, 0.3) is 0 Å². The van der Waals surface area contributed by atoms with Crippen LogP contribution in [0.5, 0.6) is 0 Å². The van der Waals surface area contributed by atoms with Crippen molar-refractivity contribution in [3.63, 3.8) is 0 Å². The number of amides is 1. The van der Waals surface area contributed by atoms with E-state index in [1.54, 1.807) is 0 Å². The first-order valence-corrected chi connectivity index (χ1v) is 9.61. The number of halogens is 3. The van der Waals surface area contributed by atoms with Gasteiger partial charge in [0, 0.05) is 42.2 Å². The molecule has 4 rings (SSSR count). The Morgan fingerprint density at radius 1 is 1.17 bits per heavy atom. The van der Waals surface area contributed by atoms with Crippen LogP contribution in [-0.2, 0) is 4.79 Å². The van der Waals surface area contributed by atoms with E-state index in [0.29, 0.717) is 12.2 Å². The number of thioether (sulfide) groups is 1. The van der Waals surface area contributed by atoms with Crippen LogP contribution in [-0.4, -0.2) is 35.2 Å². The van der Waals surface area contributed by atoms with Crippen molar-refractivity contribution in [1.82, 2.24) is 4.90 Å². The van der Waals surface area contributed by atoms with Crippen LogP contribution in [0.2, 0.25) is 0 Å². The van der Waals surface area contributed by atoms with Crippen LogP contribution < -0.4 is 0 Å². The molecule has 5 atom stereocenters. The summed E-state index contributed by atoms with van der Waals surface area (Å²) in [7, 11) is 0. The maximum atomic E-state index is 14.5. The lowest BCUT2D eigenvalue weighted by molar-refractivity contribution is -0.132. The highest BCUT2D eigenvalue weighted by atomic mass is 32.2. The Bertz CT molecular complexity index is 629. The van der Waals surface area contributed by atoms with E-state index in [4.69, 9.17) is 0 Å². The molecule has 2 nitrogen and oxygen atoms in total. The smallest absolute Gasteiger partial charge is 0.225 e. The number of hydrogen-bond donors (Lipinski definition) is 0. The monoisotopic (exact) mass is 355 g/mol. The second kappa shape index (κ2) is 6.28. The molecule has 0 aromatic heterocycles. The molecule has 0 spiro atoms. The van der Waals surface area contributed by atoms with Crippen molar-refractivity contribution in [2.75, 3.05) is 18.8 Å². The van der Waals surface area contributed by atoms with E-state index >= 15 is 0 Å². The minimum Gasteiger partial charge on any atom is -0.342 e. The maximum Gasteiger partial charge on any atom is 0.225 e. The third-order valence-electron chi connectivity index (χ3n) is 5.64. The molecule has 130 valence electrons. The predicted octanol–water partition coefficient (Wildman–Crippen LogP) is 3.97. The van der Waals surface area contributed by atoms with Crippen molar-refractivity contribution in [3.8, 4) is 0 Å². The van der Waals surface area contributed by atoms with Gasteiger partial charge < -0.3 is 4.90 Å². The van der Waals surface area contributed by atoms with Crippen molar-refractivity contribution >= 4 is 17.7 Å². The Hall–Kier alpha value is -1.17. The minimum absolute atomic E-state index is 0.00517. The quantitative estimate of drug-likeness (QED) is 0.818. The first-order valence-electron chi connectivity index (χ1n) is 8.56. The maximum absolute atomic E-state index is 14.5. The molecule has 1 aromatic carbocycles. The summed E-state index contributed by atoms with van der Waals surface area (Å²) in [4.78, 5) is 14.4. The Labute approximate surface area is 143 Å². The van der Waals surface area contributed by atoms with Gasteiger partial charge in [0.1, 0.15) is 17.1 Å². The molecule has 3 aliphatic rings. The summed E-state index contributed by atoms with van der Waals surface area (Å²) in [5, 5.41) is 0. The van der Waals surface area contributed by atoms with Gasteiger partial charge in [-0.3, -0.25) is 4.79 Å². The minimum atomic E-state index is -1.16. The van der Waals surface area contributed by atoms with E-state index in [0.717, 1.165) is 37.7 Å². The zero-order chi connectivity index (χ0) is 16.8. The van der Waals surface area contributed by atoms with Crippen LogP contribution in [0, 0.1) is 29.4 Å². The molecular formula is C18H20F3NOS. The van der Waals surface area contributed by atoms with Gasteiger partial charge in [0.15, 0.2) is 0 Å². The van der Waals surface area contributed by atoms with E-state index in [9.17, 15) is 18.0 Å². The number of rotatable bonds is 3. The van der Waals surface area contributed by atoms with Crippen molar-refractivity contribution in [2.45, 2.75) is 30.7 Å². The Balaban J connectivity index is 1.54. The third kappa shape index (κ3) is 2.72. The molecule has 5 unspecified atom stereocenters. The molecule has 0 N–H and O–H groups in total. The molecule has 2 aliphatic heterocycles. The zero-order valence-electron chi connectivity index (χ0n) is 13.3. The van der Waals surface area contributed by atoms with E-state index in [1.807, 2.05) is 4.90 Å². The van der Waals surface area contributed by atoms with E-state index in [-0.39, 0.29) is 23.3 Å². The number of hydrogen-bond acceptors (Lipinski definition) is 2. The van der Waals surface area contributed by atoms with Crippen LogP contribution in [0.1, 0.15) is 30.7 Å². The van der Waals surface area contributed by atoms with Crippen LogP contribution in [0.25, 0.3) is 0 Å². The zero-order valence-corrected chi connectivity index (χ0v) is 14.1. The first-order chi connectivity index (χ1) is 11.6. The van der Waals surface area contributed by atoms with Gasteiger partial charge in [-0.05, 0) is 37.3 Å². The highest BCUT2D eigenvalue weighted by molar-refractivity contribution is 8.00.